The second-order valence-corrected chi connectivity index (χ2v) is 6.65. The summed E-state index contributed by atoms with van der Waals surface area (Å²) >= 11 is 1.53. The van der Waals surface area contributed by atoms with E-state index in [2.05, 4.69) is 5.32 Å². The van der Waals surface area contributed by atoms with E-state index >= 15 is 0 Å². The first-order chi connectivity index (χ1) is 9.51. The Morgan fingerprint density at radius 3 is 2.85 bits per heavy atom. The fourth-order valence-corrected chi connectivity index (χ4v) is 3.21. The topological polar surface area (TPSA) is 79.5 Å². The fraction of sp³-hybridized carbons (Fsp3) is 0.571. The van der Waals surface area contributed by atoms with Crippen molar-refractivity contribution in [2.75, 3.05) is 5.75 Å². The summed E-state index contributed by atoms with van der Waals surface area (Å²) in [5, 5.41) is 11.5. The first-order valence-electron chi connectivity index (χ1n) is 6.64. The Kier molecular flexibility index (Phi) is 4.75. The van der Waals surface area contributed by atoms with Gasteiger partial charge >= 0.3 is 5.97 Å². The molecule has 110 valence electrons. The number of carboxylic acid groups (broad SMARTS) is 1. The van der Waals surface area contributed by atoms with Crippen LogP contribution in [0.2, 0.25) is 0 Å². The van der Waals surface area contributed by atoms with Crippen LogP contribution < -0.4 is 5.32 Å². The van der Waals surface area contributed by atoms with Gasteiger partial charge < -0.3 is 14.8 Å². The smallest absolute Gasteiger partial charge is 0.303 e. The lowest BCUT2D eigenvalue weighted by molar-refractivity contribution is -0.138. The highest BCUT2D eigenvalue weighted by Crippen LogP contribution is 2.51. The van der Waals surface area contributed by atoms with Crippen molar-refractivity contribution in [2.24, 2.45) is 5.41 Å². The van der Waals surface area contributed by atoms with Crippen LogP contribution in [-0.4, -0.2) is 28.0 Å². The molecule has 1 aliphatic carbocycles. The van der Waals surface area contributed by atoms with Gasteiger partial charge in [-0.2, -0.15) is 0 Å². The van der Waals surface area contributed by atoms with Crippen LogP contribution in [0.1, 0.15) is 31.9 Å². The highest BCUT2D eigenvalue weighted by molar-refractivity contribution is 8.00. The molecule has 1 aromatic heterocycles. The molecule has 1 saturated carbocycles. The maximum Gasteiger partial charge on any atom is 0.303 e. The van der Waals surface area contributed by atoms with Crippen LogP contribution in [0.15, 0.2) is 22.8 Å². The molecule has 0 aliphatic heterocycles. The Morgan fingerprint density at radius 2 is 2.30 bits per heavy atom. The summed E-state index contributed by atoms with van der Waals surface area (Å²) in [4.78, 5) is 22.7. The Bertz CT molecular complexity index is 468. The number of furan rings is 1. The maximum absolute atomic E-state index is 11.9. The number of amides is 1. The molecule has 6 heteroatoms. The van der Waals surface area contributed by atoms with Gasteiger partial charge in [-0.1, -0.05) is 0 Å². The summed E-state index contributed by atoms with van der Waals surface area (Å²) in [6.07, 6.45) is 3.68. The van der Waals surface area contributed by atoms with E-state index in [1.165, 1.54) is 11.8 Å². The van der Waals surface area contributed by atoms with Gasteiger partial charge in [-0.05, 0) is 37.3 Å². The van der Waals surface area contributed by atoms with Crippen molar-refractivity contribution in [1.82, 2.24) is 5.32 Å². The zero-order valence-electron chi connectivity index (χ0n) is 11.4. The molecule has 1 unspecified atom stereocenters. The van der Waals surface area contributed by atoms with E-state index in [1.807, 2.05) is 13.0 Å². The third-order valence-electron chi connectivity index (χ3n) is 3.51. The molecule has 0 spiro atoms. The predicted octanol–water partition coefficient (Wildman–Crippen LogP) is 2.27. The number of hydrogen-bond acceptors (Lipinski definition) is 4. The van der Waals surface area contributed by atoms with Crippen molar-refractivity contribution in [1.29, 1.82) is 0 Å². The Balaban J connectivity index is 1.70. The summed E-state index contributed by atoms with van der Waals surface area (Å²) in [6, 6.07) is 3.59. The van der Waals surface area contributed by atoms with Gasteiger partial charge in [0, 0.05) is 5.75 Å². The summed E-state index contributed by atoms with van der Waals surface area (Å²) in [5.41, 5.74) is -0.0773. The third kappa shape index (κ3) is 4.30. The fourth-order valence-electron chi connectivity index (χ4n) is 1.98. The molecule has 0 radical (unpaired) electrons. The first kappa shape index (κ1) is 15.0. The van der Waals surface area contributed by atoms with E-state index in [-0.39, 0.29) is 23.0 Å². The minimum absolute atomic E-state index is 0.0440. The number of aliphatic carboxylic acids is 1. The van der Waals surface area contributed by atoms with Crippen LogP contribution in [0.25, 0.3) is 0 Å². The van der Waals surface area contributed by atoms with E-state index in [4.69, 9.17) is 9.52 Å². The lowest BCUT2D eigenvalue weighted by atomic mass is 10.1. The Labute approximate surface area is 122 Å². The van der Waals surface area contributed by atoms with E-state index in [0.29, 0.717) is 6.54 Å². The normalized spacial score (nSPS) is 17.4. The number of rotatable bonds is 8. The summed E-state index contributed by atoms with van der Waals surface area (Å²) in [7, 11) is 0. The number of carbonyl (C=O) groups is 2. The second kappa shape index (κ2) is 6.35. The molecule has 0 aromatic carbocycles. The average Bonchev–Trinajstić information content (AvgIpc) is 2.95. The van der Waals surface area contributed by atoms with E-state index in [1.54, 1.807) is 12.3 Å². The van der Waals surface area contributed by atoms with Crippen LogP contribution in [-0.2, 0) is 16.1 Å². The SMILES string of the molecule is CC(SCC1(CC(=O)O)CC1)C(=O)NCc1ccco1. The molecular formula is C14H19NO4S. The third-order valence-corrected chi connectivity index (χ3v) is 5.00. The van der Waals surface area contributed by atoms with Crippen molar-refractivity contribution in [3.05, 3.63) is 24.2 Å². The minimum Gasteiger partial charge on any atom is -0.481 e. The monoisotopic (exact) mass is 297 g/mol. The van der Waals surface area contributed by atoms with Gasteiger partial charge in [-0.25, -0.2) is 0 Å². The lowest BCUT2D eigenvalue weighted by Crippen LogP contribution is -2.31. The largest absolute Gasteiger partial charge is 0.481 e. The second-order valence-electron chi connectivity index (χ2n) is 5.32. The molecule has 1 atom stereocenters. The lowest BCUT2D eigenvalue weighted by Gasteiger charge is -2.16. The van der Waals surface area contributed by atoms with Gasteiger partial charge in [-0.15, -0.1) is 11.8 Å². The molecule has 1 amide bonds. The summed E-state index contributed by atoms with van der Waals surface area (Å²) in [5.74, 6) is 0.657. The van der Waals surface area contributed by atoms with Crippen molar-refractivity contribution >= 4 is 23.6 Å². The van der Waals surface area contributed by atoms with Gasteiger partial charge in [0.1, 0.15) is 5.76 Å². The standard InChI is InChI=1S/C14H19NO4S/c1-10(13(18)15-8-11-3-2-6-19-11)20-9-14(4-5-14)7-12(16)17/h2-3,6,10H,4-5,7-9H2,1H3,(H,15,18)(H,16,17). The molecule has 20 heavy (non-hydrogen) atoms. The average molecular weight is 297 g/mol. The molecule has 1 aliphatic rings. The van der Waals surface area contributed by atoms with Gasteiger partial charge in [0.05, 0.1) is 24.5 Å². The summed E-state index contributed by atoms with van der Waals surface area (Å²) < 4.78 is 5.14. The molecule has 0 saturated heterocycles. The number of hydrogen-bond donors (Lipinski definition) is 2. The molecule has 1 heterocycles. The number of carboxylic acids is 1. The van der Waals surface area contributed by atoms with E-state index in [9.17, 15) is 9.59 Å². The van der Waals surface area contributed by atoms with Crippen molar-refractivity contribution < 1.29 is 19.1 Å². The van der Waals surface area contributed by atoms with Crippen LogP contribution in [0, 0.1) is 5.41 Å². The van der Waals surface area contributed by atoms with Gasteiger partial charge in [0.25, 0.3) is 0 Å². The van der Waals surface area contributed by atoms with Crippen LogP contribution in [0.4, 0.5) is 0 Å². The highest BCUT2D eigenvalue weighted by atomic mass is 32.2. The van der Waals surface area contributed by atoms with Gasteiger partial charge in [0.2, 0.25) is 5.91 Å². The highest BCUT2D eigenvalue weighted by Gasteiger charge is 2.44. The molecule has 2 rings (SSSR count). The van der Waals surface area contributed by atoms with Crippen molar-refractivity contribution in [3.8, 4) is 0 Å². The predicted molar refractivity (Wildman–Crippen MR) is 76.4 cm³/mol. The molecule has 1 aromatic rings. The summed E-state index contributed by atoms with van der Waals surface area (Å²) in [6.45, 7) is 2.23. The first-order valence-corrected chi connectivity index (χ1v) is 7.69. The maximum atomic E-state index is 11.9. The zero-order valence-corrected chi connectivity index (χ0v) is 12.2. The van der Waals surface area contributed by atoms with Crippen LogP contribution >= 0.6 is 11.8 Å². The zero-order chi connectivity index (χ0) is 14.6. The van der Waals surface area contributed by atoms with Crippen LogP contribution in [0.5, 0.6) is 0 Å². The molecular weight excluding hydrogens is 278 g/mol. The van der Waals surface area contributed by atoms with Crippen LogP contribution in [0.3, 0.4) is 0 Å². The van der Waals surface area contributed by atoms with E-state index < -0.39 is 5.97 Å². The Morgan fingerprint density at radius 1 is 1.55 bits per heavy atom. The van der Waals surface area contributed by atoms with Gasteiger partial charge in [0.15, 0.2) is 0 Å². The quantitative estimate of drug-likeness (QED) is 0.769. The van der Waals surface area contributed by atoms with E-state index in [0.717, 1.165) is 24.4 Å². The number of nitrogens with one attached hydrogen (secondary N) is 1. The molecule has 2 N–H and O–H groups in total. The van der Waals surface area contributed by atoms with Crippen molar-refractivity contribution in [2.45, 2.75) is 38.0 Å². The Hall–Kier alpha value is -1.43. The number of carbonyl (C=O) groups excluding carboxylic acids is 1. The van der Waals surface area contributed by atoms with Crippen molar-refractivity contribution in [3.63, 3.8) is 0 Å². The molecule has 0 bridgehead atoms. The van der Waals surface area contributed by atoms with Gasteiger partial charge in [-0.3, -0.25) is 9.59 Å². The number of thioether (sulfide) groups is 1. The molecule has 5 nitrogen and oxygen atoms in total. The molecule has 1 fully saturated rings. The minimum atomic E-state index is -0.752.